The van der Waals surface area contributed by atoms with Crippen molar-refractivity contribution in [3.8, 4) is 5.75 Å². The lowest BCUT2D eigenvalue weighted by molar-refractivity contribution is 0.116. The van der Waals surface area contributed by atoms with E-state index in [-0.39, 0.29) is 0 Å². The van der Waals surface area contributed by atoms with Gasteiger partial charge in [0.05, 0.1) is 19.4 Å². The van der Waals surface area contributed by atoms with Gasteiger partial charge in [0.15, 0.2) is 0 Å². The first-order chi connectivity index (χ1) is 10.3. The summed E-state index contributed by atoms with van der Waals surface area (Å²) in [5.74, 6) is 0.764. The highest BCUT2D eigenvalue weighted by atomic mass is 35.5. The van der Waals surface area contributed by atoms with Crippen molar-refractivity contribution >= 4 is 11.6 Å². The number of rotatable bonds is 9. The molecule has 1 heterocycles. The first kappa shape index (κ1) is 15.8. The summed E-state index contributed by atoms with van der Waals surface area (Å²) in [4.78, 5) is 3.97. The third kappa shape index (κ3) is 6.61. The van der Waals surface area contributed by atoms with E-state index in [1.54, 1.807) is 12.3 Å². The predicted octanol–water partition coefficient (Wildman–Crippen LogP) is 4.50. The second-order valence-corrected chi connectivity index (χ2v) is 5.15. The largest absolute Gasteiger partial charge is 0.492 e. The molecule has 0 saturated heterocycles. The number of benzene rings is 1. The van der Waals surface area contributed by atoms with Crippen molar-refractivity contribution < 1.29 is 9.47 Å². The summed E-state index contributed by atoms with van der Waals surface area (Å²) in [6.07, 6.45) is 4.80. The van der Waals surface area contributed by atoms with Crippen molar-refractivity contribution in [1.29, 1.82) is 0 Å². The van der Waals surface area contributed by atoms with E-state index in [2.05, 4.69) is 17.1 Å². The Labute approximate surface area is 130 Å². The predicted molar refractivity (Wildman–Crippen MR) is 84.7 cm³/mol. The molecule has 0 aliphatic heterocycles. The Kier molecular flexibility index (Phi) is 7.05. The average molecular weight is 306 g/mol. The lowest BCUT2D eigenvalue weighted by Gasteiger charge is -2.06. The van der Waals surface area contributed by atoms with Crippen LogP contribution in [0.15, 0.2) is 48.7 Å². The molecule has 0 atom stereocenters. The number of halogens is 1. The molecule has 0 amide bonds. The maximum absolute atomic E-state index is 5.71. The van der Waals surface area contributed by atoms with E-state index in [1.807, 2.05) is 24.3 Å². The standard InChI is InChI=1S/C17H20ClNO2/c18-17-10-9-16(13-19-17)21-12-6-2-5-11-20-14-15-7-3-1-4-8-15/h1,3-4,7-10,13H,2,5-6,11-12,14H2. The molecule has 0 spiro atoms. The van der Waals surface area contributed by atoms with Crippen LogP contribution in [0.2, 0.25) is 5.15 Å². The Morgan fingerprint density at radius 3 is 2.48 bits per heavy atom. The van der Waals surface area contributed by atoms with Gasteiger partial charge in [0.25, 0.3) is 0 Å². The number of ether oxygens (including phenoxy) is 2. The van der Waals surface area contributed by atoms with Gasteiger partial charge in [0.2, 0.25) is 0 Å². The van der Waals surface area contributed by atoms with Crippen LogP contribution in [0.5, 0.6) is 5.75 Å². The van der Waals surface area contributed by atoms with Crippen LogP contribution in [0.1, 0.15) is 24.8 Å². The minimum absolute atomic E-state index is 0.484. The molecule has 0 radical (unpaired) electrons. The molecular weight excluding hydrogens is 286 g/mol. The average Bonchev–Trinajstić information content (AvgIpc) is 2.53. The summed E-state index contributed by atoms with van der Waals surface area (Å²) in [6.45, 7) is 2.17. The highest BCUT2D eigenvalue weighted by Crippen LogP contribution is 2.12. The van der Waals surface area contributed by atoms with E-state index >= 15 is 0 Å². The van der Waals surface area contributed by atoms with E-state index in [4.69, 9.17) is 21.1 Å². The van der Waals surface area contributed by atoms with Crippen LogP contribution in [0.25, 0.3) is 0 Å². The van der Waals surface area contributed by atoms with Gasteiger partial charge in [0.1, 0.15) is 10.9 Å². The fraction of sp³-hybridized carbons (Fsp3) is 0.353. The first-order valence-corrected chi connectivity index (χ1v) is 7.58. The molecule has 0 aliphatic rings. The molecule has 21 heavy (non-hydrogen) atoms. The van der Waals surface area contributed by atoms with Crippen LogP contribution in [0, 0.1) is 0 Å². The Balaban J connectivity index is 1.46. The molecule has 1 aromatic heterocycles. The van der Waals surface area contributed by atoms with Gasteiger partial charge in [-0.2, -0.15) is 0 Å². The molecule has 0 unspecified atom stereocenters. The number of hydrogen-bond donors (Lipinski definition) is 0. The summed E-state index contributed by atoms with van der Waals surface area (Å²) in [5, 5.41) is 0.484. The van der Waals surface area contributed by atoms with Gasteiger partial charge in [-0.1, -0.05) is 41.9 Å². The van der Waals surface area contributed by atoms with Crippen LogP contribution in [0.3, 0.4) is 0 Å². The normalized spacial score (nSPS) is 10.5. The maximum atomic E-state index is 5.71. The second kappa shape index (κ2) is 9.37. The zero-order chi connectivity index (χ0) is 14.8. The smallest absolute Gasteiger partial charge is 0.137 e. The molecule has 4 heteroatoms. The van der Waals surface area contributed by atoms with Crippen molar-refractivity contribution in [2.75, 3.05) is 13.2 Å². The van der Waals surface area contributed by atoms with Crippen LogP contribution in [0.4, 0.5) is 0 Å². The third-order valence-electron chi connectivity index (χ3n) is 3.01. The highest BCUT2D eigenvalue weighted by Gasteiger charge is 1.96. The van der Waals surface area contributed by atoms with Gasteiger partial charge in [-0.3, -0.25) is 0 Å². The Morgan fingerprint density at radius 2 is 1.71 bits per heavy atom. The maximum Gasteiger partial charge on any atom is 0.137 e. The van der Waals surface area contributed by atoms with Crippen LogP contribution < -0.4 is 4.74 Å². The minimum atomic E-state index is 0.484. The fourth-order valence-corrected chi connectivity index (χ4v) is 2.00. The second-order valence-electron chi connectivity index (χ2n) is 4.76. The Hall–Kier alpha value is -1.58. The molecule has 0 bridgehead atoms. The molecule has 1 aromatic carbocycles. The summed E-state index contributed by atoms with van der Waals surface area (Å²) in [5.41, 5.74) is 1.22. The lowest BCUT2D eigenvalue weighted by atomic mass is 10.2. The van der Waals surface area contributed by atoms with Crippen LogP contribution in [-0.2, 0) is 11.3 Å². The highest BCUT2D eigenvalue weighted by molar-refractivity contribution is 6.29. The van der Waals surface area contributed by atoms with E-state index < -0.39 is 0 Å². The third-order valence-corrected chi connectivity index (χ3v) is 3.24. The first-order valence-electron chi connectivity index (χ1n) is 7.20. The van der Waals surface area contributed by atoms with E-state index in [0.717, 1.165) is 31.6 Å². The van der Waals surface area contributed by atoms with Gasteiger partial charge >= 0.3 is 0 Å². The number of nitrogens with zero attached hydrogens (tertiary/aromatic N) is 1. The number of aromatic nitrogens is 1. The van der Waals surface area contributed by atoms with Crippen molar-refractivity contribution in [2.45, 2.75) is 25.9 Å². The van der Waals surface area contributed by atoms with E-state index in [1.165, 1.54) is 5.56 Å². The van der Waals surface area contributed by atoms with Crippen molar-refractivity contribution in [2.24, 2.45) is 0 Å². The summed E-state index contributed by atoms with van der Waals surface area (Å²) < 4.78 is 11.2. The quantitative estimate of drug-likeness (QED) is 0.505. The monoisotopic (exact) mass is 305 g/mol. The summed E-state index contributed by atoms with van der Waals surface area (Å²) in [6, 6.07) is 13.8. The van der Waals surface area contributed by atoms with Crippen molar-refractivity contribution in [3.05, 3.63) is 59.4 Å². The van der Waals surface area contributed by atoms with Gasteiger partial charge in [0, 0.05) is 6.61 Å². The summed E-state index contributed by atoms with van der Waals surface area (Å²) in [7, 11) is 0. The SMILES string of the molecule is Clc1ccc(OCCCCCOCc2ccccc2)cn1. The summed E-state index contributed by atoms with van der Waals surface area (Å²) >= 11 is 5.71. The van der Waals surface area contributed by atoms with Gasteiger partial charge < -0.3 is 9.47 Å². The van der Waals surface area contributed by atoms with Gasteiger partial charge in [-0.15, -0.1) is 0 Å². The molecule has 2 aromatic rings. The van der Waals surface area contributed by atoms with Crippen molar-refractivity contribution in [3.63, 3.8) is 0 Å². The van der Waals surface area contributed by atoms with Gasteiger partial charge in [-0.25, -0.2) is 4.98 Å². The van der Waals surface area contributed by atoms with Crippen molar-refractivity contribution in [1.82, 2.24) is 4.98 Å². The number of pyridine rings is 1. The Bertz CT molecular complexity index is 502. The molecule has 3 nitrogen and oxygen atoms in total. The molecular formula is C17H20ClNO2. The zero-order valence-corrected chi connectivity index (χ0v) is 12.8. The molecule has 112 valence electrons. The fourth-order valence-electron chi connectivity index (χ4n) is 1.88. The lowest BCUT2D eigenvalue weighted by Crippen LogP contribution is -2.00. The molecule has 0 saturated carbocycles. The van der Waals surface area contributed by atoms with E-state index in [0.29, 0.717) is 18.4 Å². The zero-order valence-electron chi connectivity index (χ0n) is 12.0. The van der Waals surface area contributed by atoms with Gasteiger partial charge in [-0.05, 0) is 37.0 Å². The molecule has 2 rings (SSSR count). The molecule has 0 N–H and O–H groups in total. The number of hydrogen-bond acceptors (Lipinski definition) is 3. The minimum Gasteiger partial charge on any atom is -0.492 e. The van der Waals surface area contributed by atoms with E-state index in [9.17, 15) is 0 Å². The molecule has 0 fully saturated rings. The Morgan fingerprint density at radius 1 is 0.905 bits per heavy atom. The van der Waals surface area contributed by atoms with Crippen LogP contribution >= 0.6 is 11.6 Å². The molecule has 0 aliphatic carbocycles. The topological polar surface area (TPSA) is 31.4 Å². The number of unbranched alkanes of at least 4 members (excludes halogenated alkanes) is 2. The van der Waals surface area contributed by atoms with Crippen LogP contribution in [-0.4, -0.2) is 18.2 Å².